The molecule has 1 atom stereocenters. The molecular weight excluding hydrogens is 404 g/mol. The molecule has 1 aliphatic heterocycles. The van der Waals surface area contributed by atoms with Crippen molar-refractivity contribution in [2.75, 3.05) is 4.90 Å². The summed E-state index contributed by atoms with van der Waals surface area (Å²) in [6, 6.07) is 22.3. The number of rotatable bonds is 4. The average Bonchev–Trinajstić information content (AvgIpc) is 3.28. The second-order valence-electron chi connectivity index (χ2n) is 7.49. The maximum Gasteiger partial charge on any atom is 0.266 e. The maximum absolute atomic E-state index is 13.3. The van der Waals surface area contributed by atoms with Gasteiger partial charge in [-0.1, -0.05) is 36.4 Å². The zero-order valence-corrected chi connectivity index (χ0v) is 17.0. The normalized spacial score (nSPS) is 13.8. The van der Waals surface area contributed by atoms with Gasteiger partial charge in [0.15, 0.2) is 11.7 Å². The van der Waals surface area contributed by atoms with E-state index in [1.165, 1.54) is 6.07 Å². The van der Waals surface area contributed by atoms with E-state index >= 15 is 0 Å². The number of anilines is 1. The molecule has 0 N–H and O–H groups in total. The summed E-state index contributed by atoms with van der Waals surface area (Å²) in [4.78, 5) is 44.4. The van der Waals surface area contributed by atoms with Crippen LogP contribution in [-0.4, -0.2) is 27.1 Å². The number of carbonyl (C=O) groups is 3. The van der Waals surface area contributed by atoms with E-state index in [9.17, 15) is 19.6 Å². The number of imide groups is 1. The Kier molecular flexibility index (Phi) is 4.42. The van der Waals surface area contributed by atoms with Crippen LogP contribution in [0.2, 0.25) is 0 Å². The van der Waals surface area contributed by atoms with Crippen LogP contribution in [0.15, 0.2) is 72.8 Å². The lowest BCUT2D eigenvalue weighted by Gasteiger charge is -2.15. The second-order valence-corrected chi connectivity index (χ2v) is 7.49. The van der Waals surface area contributed by atoms with Crippen molar-refractivity contribution in [1.82, 2.24) is 9.55 Å². The van der Waals surface area contributed by atoms with Gasteiger partial charge in [0, 0.05) is 12.6 Å². The van der Waals surface area contributed by atoms with Crippen LogP contribution in [0.1, 0.15) is 42.8 Å². The lowest BCUT2D eigenvalue weighted by molar-refractivity contribution is 0.0922. The number of aromatic nitrogens is 2. The molecule has 0 aliphatic carbocycles. The lowest BCUT2D eigenvalue weighted by Crippen LogP contribution is -2.29. The van der Waals surface area contributed by atoms with Crippen LogP contribution in [0.4, 0.5) is 5.69 Å². The molecule has 5 rings (SSSR count). The Balaban J connectivity index is 1.52. The summed E-state index contributed by atoms with van der Waals surface area (Å²) in [5.74, 6) is -2.14. The standard InChI is InChI=1S/C25H16N4O3/c1-28-21-12-5-4-11-20(21)27-23(28)19(14-26)22(30)15-7-6-8-16(13-15)29-24(31)17-9-2-3-10-18(17)25(29)32/h2-13,19H,1H3/t19-/m1/s1. The molecule has 7 nitrogen and oxygen atoms in total. The summed E-state index contributed by atoms with van der Waals surface area (Å²) >= 11 is 0. The number of aryl methyl sites for hydroxylation is 1. The number of fused-ring (bicyclic) bond motifs is 2. The number of hydrogen-bond acceptors (Lipinski definition) is 5. The smallest absolute Gasteiger partial charge is 0.266 e. The molecule has 7 heteroatoms. The number of ketones is 1. The SMILES string of the molecule is Cn1c([C@H](C#N)C(=O)c2cccc(N3C(=O)c4ccccc4C3=O)c2)nc2ccccc21. The molecule has 4 aromatic rings. The van der Waals surface area contributed by atoms with E-state index in [0.717, 1.165) is 10.4 Å². The topological polar surface area (TPSA) is 96.1 Å². The molecule has 0 saturated carbocycles. The van der Waals surface area contributed by atoms with Crippen molar-refractivity contribution < 1.29 is 14.4 Å². The van der Waals surface area contributed by atoms with E-state index < -0.39 is 23.5 Å². The van der Waals surface area contributed by atoms with Crippen molar-refractivity contribution >= 4 is 34.3 Å². The number of Topliss-reactive ketones (excluding diaryl/α,β-unsaturated/α-hetero) is 1. The van der Waals surface area contributed by atoms with Gasteiger partial charge in [-0.2, -0.15) is 5.26 Å². The van der Waals surface area contributed by atoms with Crippen LogP contribution < -0.4 is 4.90 Å². The molecule has 0 fully saturated rings. The molecule has 1 aromatic heterocycles. The van der Waals surface area contributed by atoms with Gasteiger partial charge in [-0.05, 0) is 36.4 Å². The molecular formula is C25H16N4O3. The largest absolute Gasteiger partial charge is 0.330 e. The van der Waals surface area contributed by atoms with E-state index in [1.54, 1.807) is 54.1 Å². The van der Waals surface area contributed by atoms with Gasteiger partial charge in [0.05, 0.1) is 33.9 Å². The van der Waals surface area contributed by atoms with Gasteiger partial charge in [0.1, 0.15) is 5.82 Å². The third kappa shape index (κ3) is 2.81. The first-order chi connectivity index (χ1) is 15.5. The highest BCUT2D eigenvalue weighted by Gasteiger charge is 2.37. The minimum atomic E-state index is -1.13. The molecule has 1 aliphatic rings. The summed E-state index contributed by atoms with van der Waals surface area (Å²) < 4.78 is 1.73. The van der Waals surface area contributed by atoms with Crippen LogP contribution in [0.25, 0.3) is 11.0 Å². The molecule has 32 heavy (non-hydrogen) atoms. The van der Waals surface area contributed by atoms with E-state index in [4.69, 9.17) is 0 Å². The Morgan fingerprint density at radius 2 is 1.59 bits per heavy atom. The first-order valence-electron chi connectivity index (χ1n) is 9.94. The number of amides is 2. The monoisotopic (exact) mass is 420 g/mol. The third-order valence-electron chi connectivity index (χ3n) is 5.65. The molecule has 3 aromatic carbocycles. The van der Waals surface area contributed by atoms with Crippen LogP contribution in [-0.2, 0) is 7.05 Å². The second kappa shape index (κ2) is 7.29. The summed E-state index contributed by atoms with van der Waals surface area (Å²) in [7, 11) is 1.76. The predicted octanol–water partition coefficient (Wildman–Crippen LogP) is 3.86. The summed E-state index contributed by atoms with van der Waals surface area (Å²) in [6.07, 6.45) is 0. The Morgan fingerprint density at radius 1 is 0.938 bits per heavy atom. The van der Waals surface area contributed by atoms with Crippen molar-refractivity contribution in [2.45, 2.75) is 5.92 Å². The number of para-hydroxylation sites is 2. The quantitative estimate of drug-likeness (QED) is 0.369. The third-order valence-corrected chi connectivity index (χ3v) is 5.65. The fraction of sp³-hybridized carbons (Fsp3) is 0.0800. The highest BCUT2D eigenvalue weighted by Crippen LogP contribution is 2.30. The summed E-state index contributed by atoms with van der Waals surface area (Å²) in [6.45, 7) is 0. The molecule has 0 bridgehead atoms. The van der Waals surface area contributed by atoms with Gasteiger partial charge in [-0.15, -0.1) is 0 Å². The molecule has 0 unspecified atom stereocenters. The zero-order chi connectivity index (χ0) is 22.4. The molecule has 0 spiro atoms. The maximum atomic E-state index is 13.3. The number of carbonyl (C=O) groups excluding carboxylic acids is 3. The van der Waals surface area contributed by atoms with E-state index in [1.807, 2.05) is 24.3 Å². The fourth-order valence-electron chi connectivity index (χ4n) is 4.04. The Labute approximate surface area is 183 Å². The molecule has 0 saturated heterocycles. The van der Waals surface area contributed by atoms with Crippen molar-refractivity contribution in [2.24, 2.45) is 7.05 Å². The van der Waals surface area contributed by atoms with Gasteiger partial charge in [0.2, 0.25) is 0 Å². The molecule has 2 heterocycles. The zero-order valence-electron chi connectivity index (χ0n) is 17.0. The van der Waals surface area contributed by atoms with Crippen LogP contribution >= 0.6 is 0 Å². The van der Waals surface area contributed by atoms with Crippen molar-refractivity contribution in [3.05, 3.63) is 95.3 Å². The number of nitriles is 1. The molecule has 154 valence electrons. The van der Waals surface area contributed by atoms with Gasteiger partial charge in [-0.25, -0.2) is 9.88 Å². The van der Waals surface area contributed by atoms with Gasteiger partial charge in [-0.3, -0.25) is 14.4 Å². The lowest BCUT2D eigenvalue weighted by atomic mass is 9.97. The average molecular weight is 420 g/mol. The fourth-order valence-corrected chi connectivity index (χ4v) is 4.04. The van der Waals surface area contributed by atoms with Gasteiger partial charge < -0.3 is 4.57 Å². The van der Waals surface area contributed by atoms with Crippen LogP contribution in [0, 0.1) is 11.3 Å². The number of benzene rings is 3. The van der Waals surface area contributed by atoms with Crippen LogP contribution in [0.3, 0.4) is 0 Å². The Morgan fingerprint density at radius 3 is 2.25 bits per heavy atom. The van der Waals surface area contributed by atoms with Crippen molar-refractivity contribution in [3.8, 4) is 6.07 Å². The van der Waals surface area contributed by atoms with Gasteiger partial charge in [0.25, 0.3) is 11.8 Å². The minimum absolute atomic E-state index is 0.220. The first kappa shape index (κ1) is 19.4. The predicted molar refractivity (Wildman–Crippen MR) is 117 cm³/mol. The number of hydrogen-bond donors (Lipinski definition) is 0. The van der Waals surface area contributed by atoms with E-state index in [2.05, 4.69) is 11.1 Å². The summed E-state index contributed by atoms with van der Waals surface area (Å²) in [5, 5.41) is 9.80. The summed E-state index contributed by atoms with van der Waals surface area (Å²) in [5.41, 5.74) is 2.65. The number of nitrogens with zero attached hydrogens (tertiary/aromatic N) is 4. The Bertz CT molecular complexity index is 1440. The van der Waals surface area contributed by atoms with E-state index in [-0.39, 0.29) is 11.3 Å². The molecule has 2 amide bonds. The van der Waals surface area contributed by atoms with Gasteiger partial charge >= 0.3 is 0 Å². The first-order valence-corrected chi connectivity index (χ1v) is 9.94. The minimum Gasteiger partial charge on any atom is -0.330 e. The van der Waals surface area contributed by atoms with Crippen LogP contribution in [0.5, 0.6) is 0 Å². The Hall–Kier alpha value is -4.57. The highest BCUT2D eigenvalue weighted by molar-refractivity contribution is 6.34. The van der Waals surface area contributed by atoms with Crippen molar-refractivity contribution in [1.29, 1.82) is 5.26 Å². The number of imidazole rings is 1. The molecule has 0 radical (unpaired) electrons. The van der Waals surface area contributed by atoms with Crippen molar-refractivity contribution in [3.63, 3.8) is 0 Å². The highest BCUT2D eigenvalue weighted by atomic mass is 16.2. The van der Waals surface area contributed by atoms with E-state index in [0.29, 0.717) is 22.5 Å².